The lowest BCUT2D eigenvalue weighted by atomic mass is 10.1. The van der Waals surface area contributed by atoms with Crippen LogP contribution in [0.5, 0.6) is 0 Å². The normalized spacial score (nSPS) is 12.3. The summed E-state index contributed by atoms with van der Waals surface area (Å²) in [5.74, 6) is -0.505. The fraction of sp³-hybridized carbons (Fsp3) is 0.182. The van der Waals surface area contributed by atoms with Crippen LogP contribution in [0.2, 0.25) is 0 Å². The summed E-state index contributed by atoms with van der Waals surface area (Å²) in [4.78, 5) is 14.1. The van der Waals surface area contributed by atoms with Gasteiger partial charge in [0.1, 0.15) is 0 Å². The number of fused-ring (bicyclic) bond motifs is 2. The molecule has 1 aliphatic carbocycles. The first-order valence-corrected chi connectivity index (χ1v) is 9.83. The molecule has 3 aromatic rings. The van der Waals surface area contributed by atoms with E-state index in [0.717, 1.165) is 32.6 Å². The number of para-hydroxylation sites is 1. The fourth-order valence-corrected chi connectivity index (χ4v) is 4.33. The van der Waals surface area contributed by atoms with E-state index in [0.29, 0.717) is 17.0 Å². The van der Waals surface area contributed by atoms with Crippen LogP contribution in [-0.4, -0.2) is 16.2 Å². The molecule has 0 fully saturated rings. The molecule has 0 bridgehead atoms. The molecule has 0 radical (unpaired) electrons. The van der Waals surface area contributed by atoms with Crippen LogP contribution in [0, 0.1) is 5.41 Å². The van der Waals surface area contributed by atoms with Crippen molar-refractivity contribution in [2.24, 2.45) is 12.8 Å². The third-order valence-corrected chi connectivity index (χ3v) is 5.60. The number of nitrogens with two attached hydrogens (primary N) is 1. The molecule has 1 aliphatic rings. The maximum atomic E-state index is 12.1. The van der Waals surface area contributed by atoms with E-state index in [1.165, 1.54) is 0 Å². The van der Waals surface area contributed by atoms with Gasteiger partial charge < -0.3 is 10.3 Å². The summed E-state index contributed by atoms with van der Waals surface area (Å²) in [7, 11) is 1.87. The minimum absolute atomic E-state index is 0.326. The van der Waals surface area contributed by atoms with E-state index in [4.69, 9.17) is 11.1 Å². The number of rotatable bonds is 3. The van der Waals surface area contributed by atoms with Crippen molar-refractivity contribution < 1.29 is 4.79 Å². The predicted octanol–water partition coefficient (Wildman–Crippen LogP) is 5.21. The molecule has 2 heterocycles. The Balaban J connectivity index is 0.00000102. The second-order valence-corrected chi connectivity index (χ2v) is 7.09. The van der Waals surface area contributed by atoms with Gasteiger partial charge in [-0.3, -0.25) is 10.2 Å². The molecule has 5 heteroatoms. The number of nitrogens with zero attached hydrogens (tertiary/aromatic N) is 1. The number of carbonyl (C=O) groups excluding carboxylic acids is 1. The highest BCUT2D eigenvalue weighted by Gasteiger charge is 2.24. The lowest BCUT2D eigenvalue weighted by molar-refractivity contribution is 0.100. The number of hydrogen-bond donors (Lipinski definition) is 2. The summed E-state index contributed by atoms with van der Waals surface area (Å²) in [5, 5.41) is 9.53. The number of benzene rings is 1. The smallest absolute Gasteiger partial charge is 0.251 e. The Kier molecular flexibility index (Phi) is 5.42. The van der Waals surface area contributed by atoms with Crippen molar-refractivity contribution >= 4 is 46.0 Å². The first-order valence-electron chi connectivity index (χ1n) is 9.01. The van der Waals surface area contributed by atoms with Crippen LogP contribution in [0.15, 0.2) is 42.5 Å². The summed E-state index contributed by atoms with van der Waals surface area (Å²) in [6.45, 7) is 4.00. The zero-order chi connectivity index (χ0) is 19.6. The molecule has 0 saturated carbocycles. The van der Waals surface area contributed by atoms with E-state index in [-0.39, 0.29) is 0 Å². The van der Waals surface area contributed by atoms with Gasteiger partial charge in [0.15, 0.2) is 0 Å². The van der Waals surface area contributed by atoms with E-state index in [2.05, 4.69) is 24.3 Å². The molecule has 1 aromatic carbocycles. The molecule has 2 aromatic heterocycles. The number of allylic oxidation sites excluding steroid dienone is 2. The first kappa shape index (κ1) is 18.9. The average Bonchev–Trinajstić information content (AvgIpc) is 3.14. The van der Waals surface area contributed by atoms with E-state index in [1.807, 2.05) is 55.8 Å². The Bertz CT molecular complexity index is 1050. The lowest BCUT2D eigenvalue weighted by Gasteiger charge is -2.06. The summed E-state index contributed by atoms with van der Waals surface area (Å²) in [6, 6.07) is 9.63. The summed E-state index contributed by atoms with van der Waals surface area (Å²) < 4.78 is 1.88. The maximum absolute atomic E-state index is 12.1. The number of carbonyl (C=O) groups is 1. The number of hydrogen-bond acceptors (Lipinski definition) is 3. The van der Waals surface area contributed by atoms with Gasteiger partial charge in [-0.2, -0.15) is 0 Å². The van der Waals surface area contributed by atoms with Crippen LogP contribution in [0.4, 0.5) is 0 Å². The van der Waals surface area contributed by atoms with Gasteiger partial charge in [0.25, 0.3) is 5.91 Å². The van der Waals surface area contributed by atoms with Gasteiger partial charge in [-0.05, 0) is 30.2 Å². The van der Waals surface area contributed by atoms with Gasteiger partial charge in [0.05, 0.1) is 21.8 Å². The Hall–Kier alpha value is -2.92. The predicted molar refractivity (Wildman–Crippen MR) is 116 cm³/mol. The monoisotopic (exact) mass is 377 g/mol. The number of primary amides is 1. The number of nitrogens with one attached hydrogen (secondary N) is 1. The maximum Gasteiger partial charge on any atom is 0.251 e. The number of amides is 1. The second kappa shape index (κ2) is 7.76. The van der Waals surface area contributed by atoms with Gasteiger partial charge >= 0.3 is 0 Å². The number of thiophene rings is 1. The number of aromatic nitrogens is 1. The Labute approximate surface area is 163 Å². The molecule has 1 amide bonds. The zero-order valence-corrected chi connectivity index (χ0v) is 16.6. The van der Waals surface area contributed by atoms with Crippen molar-refractivity contribution in [3.63, 3.8) is 0 Å². The Morgan fingerprint density at radius 2 is 1.89 bits per heavy atom. The molecule has 138 valence electrons. The minimum Gasteiger partial charge on any atom is -0.366 e. The highest BCUT2D eigenvalue weighted by atomic mass is 32.1. The molecule has 4 nitrogen and oxygen atoms in total. The quantitative estimate of drug-likeness (QED) is 0.604. The minimum atomic E-state index is -0.505. The molecule has 0 spiro atoms. The summed E-state index contributed by atoms with van der Waals surface area (Å²) in [6.07, 6.45) is 9.31. The van der Waals surface area contributed by atoms with E-state index in [1.54, 1.807) is 11.3 Å². The average molecular weight is 378 g/mol. The van der Waals surface area contributed by atoms with Crippen molar-refractivity contribution in [2.45, 2.75) is 20.3 Å². The number of aryl methyl sites for hydroxylation is 1. The lowest BCUT2D eigenvalue weighted by Crippen LogP contribution is -2.17. The van der Waals surface area contributed by atoms with Crippen LogP contribution in [0.3, 0.4) is 0 Å². The highest BCUT2D eigenvalue weighted by Crippen LogP contribution is 2.32. The Morgan fingerprint density at radius 3 is 2.63 bits per heavy atom. The van der Waals surface area contributed by atoms with Crippen molar-refractivity contribution in [1.29, 1.82) is 5.41 Å². The van der Waals surface area contributed by atoms with Crippen LogP contribution < -0.4 is 5.73 Å². The third-order valence-electron chi connectivity index (χ3n) is 4.47. The first-order chi connectivity index (χ1) is 13.1. The van der Waals surface area contributed by atoms with Gasteiger partial charge in [0.2, 0.25) is 0 Å². The largest absolute Gasteiger partial charge is 0.366 e. The van der Waals surface area contributed by atoms with Gasteiger partial charge in [-0.15, -0.1) is 11.3 Å². The SMILES string of the molecule is CC.Cn1c(C(=N)c2cc3c(s2)C=CCC=C3)c(C(N)=O)c2ccccc21. The van der Waals surface area contributed by atoms with Crippen LogP contribution in [-0.2, 0) is 7.05 Å². The van der Waals surface area contributed by atoms with Crippen LogP contribution >= 0.6 is 11.3 Å². The van der Waals surface area contributed by atoms with E-state index in [9.17, 15) is 4.79 Å². The molecule has 27 heavy (non-hydrogen) atoms. The molecular weight excluding hydrogens is 354 g/mol. The zero-order valence-electron chi connectivity index (χ0n) is 15.7. The van der Waals surface area contributed by atoms with Crippen LogP contribution in [0.1, 0.15) is 51.6 Å². The van der Waals surface area contributed by atoms with Crippen molar-refractivity contribution in [3.05, 3.63) is 69.1 Å². The van der Waals surface area contributed by atoms with Gasteiger partial charge in [0, 0.05) is 22.8 Å². The van der Waals surface area contributed by atoms with Crippen LogP contribution in [0.25, 0.3) is 23.1 Å². The Morgan fingerprint density at radius 1 is 1.19 bits per heavy atom. The van der Waals surface area contributed by atoms with Crippen molar-refractivity contribution in [3.8, 4) is 0 Å². The molecule has 3 N–H and O–H groups in total. The van der Waals surface area contributed by atoms with E-state index >= 15 is 0 Å². The second-order valence-electron chi connectivity index (χ2n) is 6.01. The summed E-state index contributed by atoms with van der Waals surface area (Å²) in [5.41, 5.74) is 8.97. The molecule has 0 aliphatic heterocycles. The standard InChI is InChI=1S/C20H17N3OS.C2H6/c1-23-14-9-6-5-8-13(14)17(20(22)24)19(23)18(21)16-11-12-7-3-2-4-10-15(12)25-16;1-2/h3-11,21H,2H2,1H3,(H2,22,24);1-2H3. The molecular formula is C22H23N3OS. The topological polar surface area (TPSA) is 71.9 Å². The van der Waals surface area contributed by atoms with Crippen molar-refractivity contribution in [1.82, 2.24) is 4.57 Å². The third kappa shape index (κ3) is 3.26. The molecule has 0 atom stereocenters. The van der Waals surface area contributed by atoms with Gasteiger partial charge in [-0.25, -0.2) is 0 Å². The highest BCUT2D eigenvalue weighted by molar-refractivity contribution is 7.15. The molecule has 0 unspecified atom stereocenters. The van der Waals surface area contributed by atoms with E-state index < -0.39 is 5.91 Å². The summed E-state index contributed by atoms with van der Waals surface area (Å²) >= 11 is 1.56. The molecule has 0 saturated heterocycles. The van der Waals surface area contributed by atoms with Crippen molar-refractivity contribution in [2.75, 3.05) is 0 Å². The van der Waals surface area contributed by atoms with Gasteiger partial charge in [-0.1, -0.05) is 50.3 Å². The fourth-order valence-electron chi connectivity index (χ4n) is 3.30. The molecule has 4 rings (SSSR count).